The maximum Gasteiger partial charge on any atom is 0.225 e. The smallest absolute Gasteiger partial charge is 0.225 e. The average Bonchev–Trinajstić information content (AvgIpc) is 2.72. The first-order valence-corrected chi connectivity index (χ1v) is 10.4. The van der Waals surface area contributed by atoms with Gasteiger partial charge in [0.05, 0.1) is 14.2 Å². The summed E-state index contributed by atoms with van der Waals surface area (Å²) < 4.78 is 10.9. The van der Waals surface area contributed by atoms with Crippen molar-refractivity contribution in [2.45, 2.75) is 31.1 Å². The zero-order chi connectivity index (χ0) is 21.4. The van der Waals surface area contributed by atoms with Crippen molar-refractivity contribution in [1.29, 1.82) is 0 Å². The fourth-order valence-corrected chi connectivity index (χ4v) is 4.93. The second-order valence-electron chi connectivity index (χ2n) is 7.50. The molecular formula is C23H21Cl2NO4. The summed E-state index contributed by atoms with van der Waals surface area (Å²) in [5, 5.41) is 3.89. The molecule has 4 rings (SSSR count). The Morgan fingerprint density at radius 3 is 2.43 bits per heavy atom. The largest absolute Gasteiger partial charge is 0.497 e. The summed E-state index contributed by atoms with van der Waals surface area (Å²) in [5.74, 6) is 0.756. The van der Waals surface area contributed by atoms with Gasteiger partial charge in [0.2, 0.25) is 5.91 Å². The molecule has 2 aromatic rings. The molecule has 0 aromatic heterocycles. The molecule has 2 atom stereocenters. The summed E-state index contributed by atoms with van der Waals surface area (Å²) in [6, 6.07) is 10.7. The van der Waals surface area contributed by atoms with E-state index in [2.05, 4.69) is 5.32 Å². The van der Waals surface area contributed by atoms with Crippen LogP contribution in [0, 0.1) is 0 Å². The lowest BCUT2D eigenvalue weighted by molar-refractivity contribution is -0.122. The van der Waals surface area contributed by atoms with Crippen LogP contribution in [0.25, 0.3) is 0 Å². The minimum atomic E-state index is -0.376. The second kappa shape index (κ2) is 8.32. The van der Waals surface area contributed by atoms with E-state index in [1.165, 1.54) is 0 Å². The highest BCUT2D eigenvalue weighted by Crippen LogP contribution is 2.46. The molecule has 1 heterocycles. The molecule has 30 heavy (non-hydrogen) atoms. The fourth-order valence-electron chi connectivity index (χ4n) is 4.39. The van der Waals surface area contributed by atoms with Gasteiger partial charge in [-0.2, -0.15) is 0 Å². The Morgan fingerprint density at radius 2 is 1.73 bits per heavy atom. The second-order valence-corrected chi connectivity index (χ2v) is 8.34. The van der Waals surface area contributed by atoms with Gasteiger partial charge in [-0.3, -0.25) is 9.59 Å². The normalized spacial score (nSPS) is 21.2. The molecular weight excluding hydrogens is 425 g/mol. The number of hydrogen-bond donors (Lipinski definition) is 1. The van der Waals surface area contributed by atoms with Crippen molar-refractivity contribution in [3.05, 3.63) is 68.8 Å². The molecule has 1 aliphatic heterocycles. The highest BCUT2D eigenvalue weighted by atomic mass is 35.5. The van der Waals surface area contributed by atoms with E-state index in [4.69, 9.17) is 32.7 Å². The third kappa shape index (κ3) is 3.80. The van der Waals surface area contributed by atoms with Crippen molar-refractivity contribution < 1.29 is 19.1 Å². The molecule has 2 aromatic carbocycles. The zero-order valence-corrected chi connectivity index (χ0v) is 18.1. The van der Waals surface area contributed by atoms with Crippen LogP contribution in [0.1, 0.15) is 42.2 Å². The van der Waals surface area contributed by atoms with Gasteiger partial charge >= 0.3 is 0 Å². The maximum atomic E-state index is 13.3. The standard InChI is InChI=1S/C23H21Cl2NO4/c1-29-14-4-6-21(30-2)16(10-14)12-7-19-23(20(27)8-12)17(11-22(28)26-19)15-5-3-13(24)9-18(15)25/h3-6,9-10,12,17H,7-8,11H2,1-2H3,(H,26,28)/t12-,17+/m1/s1. The van der Waals surface area contributed by atoms with Gasteiger partial charge in [0.25, 0.3) is 0 Å². The van der Waals surface area contributed by atoms with E-state index in [0.29, 0.717) is 45.7 Å². The zero-order valence-electron chi connectivity index (χ0n) is 16.6. The predicted molar refractivity (Wildman–Crippen MR) is 116 cm³/mol. The van der Waals surface area contributed by atoms with Gasteiger partial charge in [-0.15, -0.1) is 0 Å². The molecule has 1 amide bonds. The topological polar surface area (TPSA) is 64.6 Å². The number of nitrogens with one attached hydrogen (secondary N) is 1. The van der Waals surface area contributed by atoms with Gasteiger partial charge in [0.15, 0.2) is 5.78 Å². The molecule has 0 unspecified atom stereocenters. The number of benzene rings is 2. The van der Waals surface area contributed by atoms with Crippen molar-refractivity contribution in [2.24, 2.45) is 0 Å². The van der Waals surface area contributed by atoms with Crippen molar-refractivity contribution in [3.8, 4) is 11.5 Å². The fraction of sp³-hybridized carbons (Fsp3) is 0.304. The van der Waals surface area contributed by atoms with Gasteiger partial charge < -0.3 is 14.8 Å². The molecule has 5 nitrogen and oxygen atoms in total. The maximum absolute atomic E-state index is 13.3. The Labute approximate surface area is 185 Å². The molecule has 0 saturated carbocycles. The quantitative estimate of drug-likeness (QED) is 0.717. The van der Waals surface area contributed by atoms with E-state index >= 15 is 0 Å². The molecule has 2 aliphatic rings. The molecule has 1 N–H and O–H groups in total. The van der Waals surface area contributed by atoms with Crippen LogP contribution in [0.2, 0.25) is 10.0 Å². The minimum absolute atomic E-state index is 0.00198. The summed E-state index contributed by atoms with van der Waals surface area (Å²) in [5.41, 5.74) is 2.93. The lowest BCUT2D eigenvalue weighted by Crippen LogP contribution is -2.38. The average molecular weight is 446 g/mol. The Hall–Kier alpha value is -2.50. The first-order chi connectivity index (χ1) is 14.4. The van der Waals surface area contributed by atoms with E-state index in [1.807, 2.05) is 18.2 Å². The van der Waals surface area contributed by atoms with Crippen molar-refractivity contribution in [1.82, 2.24) is 5.32 Å². The lowest BCUT2D eigenvalue weighted by atomic mass is 9.73. The number of carbonyl (C=O) groups excluding carboxylic acids is 2. The number of hydrogen-bond acceptors (Lipinski definition) is 4. The van der Waals surface area contributed by atoms with E-state index in [9.17, 15) is 9.59 Å². The molecule has 1 aliphatic carbocycles. The SMILES string of the molecule is COc1ccc(OC)c([C@H]2CC(=O)C3=C(C2)NC(=O)C[C@H]3c2ccc(Cl)cc2Cl)c1. The van der Waals surface area contributed by atoms with Gasteiger partial charge in [-0.25, -0.2) is 0 Å². The van der Waals surface area contributed by atoms with E-state index in [-0.39, 0.29) is 29.9 Å². The highest BCUT2D eigenvalue weighted by Gasteiger charge is 2.39. The van der Waals surface area contributed by atoms with Crippen LogP contribution >= 0.6 is 23.2 Å². The molecule has 0 saturated heterocycles. The van der Waals surface area contributed by atoms with Crippen molar-refractivity contribution in [3.63, 3.8) is 0 Å². The number of halogens is 2. The summed E-state index contributed by atoms with van der Waals surface area (Å²) in [4.78, 5) is 25.8. The highest BCUT2D eigenvalue weighted by molar-refractivity contribution is 6.35. The van der Waals surface area contributed by atoms with Crippen LogP contribution in [-0.2, 0) is 9.59 Å². The number of ether oxygens (including phenoxy) is 2. The Balaban J connectivity index is 1.75. The Bertz CT molecular complexity index is 1060. The predicted octanol–water partition coefficient (Wildman–Crippen LogP) is 5.01. The Morgan fingerprint density at radius 1 is 0.933 bits per heavy atom. The van der Waals surface area contributed by atoms with Crippen LogP contribution in [0.4, 0.5) is 0 Å². The summed E-state index contributed by atoms with van der Waals surface area (Å²) >= 11 is 12.4. The summed E-state index contributed by atoms with van der Waals surface area (Å²) in [6.45, 7) is 0. The van der Waals surface area contributed by atoms with Crippen LogP contribution in [-0.4, -0.2) is 25.9 Å². The molecule has 0 spiro atoms. The monoisotopic (exact) mass is 445 g/mol. The van der Waals surface area contributed by atoms with Gasteiger partial charge in [0, 0.05) is 51.6 Å². The van der Waals surface area contributed by atoms with Crippen molar-refractivity contribution in [2.75, 3.05) is 14.2 Å². The summed E-state index contributed by atoms with van der Waals surface area (Å²) in [7, 11) is 3.20. The lowest BCUT2D eigenvalue weighted by Gasteiger charge is -2.35. The van der Waals surface area contributed by atoms with Gasteiger partial charge in [-0.05, 0) is 42.3 Å². The minimum Gasteiger partial charge on any atom is -0.497 e. The third-order valence-electron chi connectivity index (χ3n) is 5.75. The number of ketones is 1. The number of Topliss-reactive ketones (excluding diaryl/α,β-unsaturated/α-hetero) is 1. The first kappa shape index (κ1) is 20.8. The number of methoxy groups -OCH3 is 2. The number of carbonyl (C=O) groups is 2. The van der Waals surface area contributed by atoms with Crippen molar-refractivity contribution >= 4 is 34.9 Å². The van der Waals surface area contributed by atoms with E-state index in [1.54, 1.807) is 32.4 Å². The molecule has 0 radical (unpaired) electrons. The Kier molecular flexibility index (Phi) is 5.76. The number of allylic oxidation sites excluding steroid dienone is 2. The van der Waals surface area contributed by atoms with Crippen LogP contribution in [0.3, 0.4) is 0 Å². The molecule has 7 heteroatoms. The van der Waals surface area contributed by atoms with E-state index < -0.39 is 0 Å². The molecule has 156 valence electrons. The molecule has 0 fully saturated rings. The van der Waals surface area contributed by atoms with Crippen LogP contribution in [0.15, 0.2) is 47.7 Å². The van der Waals surface area contributed by atoms with Crippen LogP contribution in [0.5, 0.6) is 11.5 Å². The molecule has 0 bridgehead atoms. The van der Waals surface area contributed by atoms with Gasteiger partial charge in [-0.1, -0.05) is 29.3 Å². The third-order valence-corrected chi connectivity index (χ3v) is 6.31. The summed E-state index contributed by atoms with van der Waals surface area (Å²) in [6.07, 6.45) is 1.02. The van der Waals surface area contributed by atoms with Crippen LogP contribution < -0.4 is 14.8 Å². The number of amides is 1. The number of rotatable bonds is 4. The first-order valence-electron chi connectivity index (χ1n) is 9.64. The van der Waals surface area contributed by atoms with Gasteiger partial charge in [0.1, 0.15) is 11.5 Å². The van der Waals surface area contributed by atoms with E-state index in [0.717, 1.165) is 11.1 Å².